The molecule has 1 aliphatic rings. The van der Waals surface area contributed by atoms with E-state index in [9.17, 15) is 18.0 Å². The van der Waals surface area contributed by atoms with Gasteiger partial charge in [-0.05, 0) is 31.0 Å². The second-order valence-electron chi connectivity index (χ2n) is 6.23. The maximum atomic E-state index is 12.1. The van der Waals surface area contributed by atoms with Crippen molar-refractivity contribution in [2.45, 2.75) is 37.0 Å². The Morgan fingerprint density at radius 3 is 2.46 bits per heavy atom. The van der Waals surface area contributed by atoms with Crippen LogP contribution in [0.15, 0.2) is 33.6 Å². The van der Waals surface area contributed by atoms with Crippen LogP contribution < -0.4 is 15.4 Å². The van der Waals surface area contributed by atoms with Crippen molar-refractivity contribution < 1.29 is 18.0 Å². The molecule has 2 amide bonds. The van der Waals surface area contributed by atoms with Gasteiger partial charge in [0.25, 0.3) is 0 Å². The van der Waals surface area contributed by atoms with Crippen LogP contribution in [0.3, 0.4) is 0 Å². The first kappa shape index (κ1) is 20.9. The van der Waals surface area contributed by atoms with Crippen LogP contribution >= 0.6 is 15.9 Å². The number of hydrogen-bond acceptors (Lipinski definition) is 4. The van der Waals surface area contributed by atoms with Crippen LogP contribution in [0.25, 0.3) is 0 Å². The maximum Gasteiger partial charge on any atom is 0.240 e. The molecule has 0 aliphatic heterocycles. The first-order chi connectivity index (χ1) is 12.4. The van der Waals surface area contributed by atoms with Gasteiger partial charge in [-0.25, -0.2) is 13.1 Å². The number of nitrogens with one attached hydrogen (secondary N) is 3. The summed E-state index contributed by atoms with van der Waals surface area (Å²) in [6.45, 7) is 0.718. The van der Waals surface area contributed by atoms with Gasteiger partial charge in [0.05, 0.1) is 4.90 Å². The highest BCUT2D eigenvalue weighted by atomic mass is 79.9. The number of halogens is 1. The van der Waals surface area contributed by atoms with Gasteiger partial charge in [-0.3, -0.25) is 9.59 Å². The first-order valence-electron chi connectivity index (χ1n) is 8.68. The van der Waals surface area contributed by atoms with Gasteiger partial charge < -0.3 is 10.6 Å². The molecule has 9 heteroatoms. The molecule has 0 unspecified atom stereocenters. The Hall–Kier alpha value is -1.45. The summed E-state index contributed by atoms with van der Waals surface area (Å²) >= 11 is 3.23. The predicted octanol–water partition coefficient (Wildman–Crippen LogP) is 1.54. The summed E-state index contributed by atoms with van der Waals surface area (Å²) in [5.41, 5.74) is 0. The normalized spacial score (nSPS) is 15.0. The minimum absolute atomic E-state index is 0.00904. The van der Waals surface area contributed by atoms with Crippen LogP contribution in [0.2, 0.25) is 0 Å². The van der Waals surface area contributed by atoms with Crippen molar-refractivity contribution in [3.05, 3.63) is 28.7 Å². The van der Waals surface area contributed by atoms with Crippen molar-refractivity contribution in [3.8, 4) is 0 Å². The van der Waals surface area contributed by atoms with Crippen LogP contribution in [-0.4, -0.2) is 39.9 Å². The molecule has 144 valence electrons. The van der Waals surface area contributed by atoms with Crippen molar-refractivity contribution in [2.75, 3.05) is 19.6 Å². The van der Waals surface area contributed by atoms with Gasteiger partial charge in [-0.2, -0.15) is 0 Å². The zero-order valence-corrected chi connectivity index (χ0v) is 16.9. The largest absolute Gasteiger partial charge is 0.354 e. The number of rotatable bonds is 9. The Kier molecular flexibility index (Phi) is 8.05. The zero-order valence-electron chi connectivity index (χ0n) is 14.5. The van der Waals surface area contributed by atoms with E-state index in [0.717, 1.165) is 25.7 Å². The smallest absolute Gasteiger partial charge is 0.240 e. The van der Waals surface area contributed by atoms with Gasteiger partial charge in [0.15, 0.2) is 0 Å². The van der Waals surface area contributed by atoms with Gasteiger partial charge in [0.1, 0.15) is 0 Å². The molecule has 0 radical (unpaired) electrons. The summed E-state index contributed by atoms with van der Waals surface area (Å²) in [5, 5.41) is 5.49. The van der Waals surface area contributed by atoms with Crippen molar-refractivity contribution in [1.82, 2.24) is 15.4 Å². The molecule has 1 saturated carbocycles. The fraction of sp³-hybridized carbons (Fsp3) is 0.529. The van der Waals surface area contributed by atoms with Gasteiger partial charge >= 0.3 is 0 Å². The Balaban J connectivity index is 1.62. The van der Waals surface area contributed by atoms with Crippen LogP contribution in [0.1, 0.15) is 32.1 Å². The number of hydrogen-bond donors (Lipinski definition) is 3. The lowest BCUT2D eigenvalue weighted by Crippen LogP contribution is -2.38. The molecule has 1 aromatic rings. The highest BCUT2D eigenvalue weighted by Crippen LogP contribution is 2.24. The summed E-state index contributed by atoms with van der Waals surface area (Å²) < 4.78 is 27.3. The van der Waals surface area contributed by atoms with Gasteiger partial charge in [0, 0.05) is 36.4 Å². The Bertz CT molecular complexity index is 733. The van der Waals surface area contributed by atoms with Crippen LogP contribution in [-0.2, 0) is 19.6 Å². The average molecular weight is 446 g/mol. The molecule has 26 heavy (non-hydrogen) atoms. The molecule has 1 aliphatic carbocycles. The standard InChI is InChI=1S/C17H24BrN3O4S/c18-14-6-3-7-15(12-14)26(24,25)21-9-8-16(22)19-10-11-20-17(23)13-4-1-2-5-13/h3,6-7,12-13,21H,1-2,4-5,8-11H2,(H,19,22)(H,20,23). The zero-order chi connectivity index (χ0) is 19.0. The molecule has 0 heterocycles. The Labute approximate surface area is 162 Å². The van der Waals surface area contributed by atoms with Gasteiger partial charge in [0.2, 0.25) is 21.8 Å². The molecular weight excluding hydrogens is 422 g/mol. The van der Waals surface area contributed by atoms with Crippen molar-refractivity contribution in [2.24, 2.45) is 5.92 Å². The molecule has 1 aromatic carbocycles. The highest BCUT2D eigenvalue weighted by Gasteiger charge is 2.22. The number of carbonyl (C=O) groups is 2. The van der Waals surface area contributed by atoms with Crippen molar-refractivity contribution >= 4 is 37.8 Å². The summed E-state index contributed by atoms with van der Waals surface area (Å²) in [6.07, 6.45) is 4.12. The molecule has 7 nitrogen and oxygen atoms in total. The second kappa shape index (κ2) is 10.0. The first-order valence-corrected chi connectivity index (χ1v) is 11.0. The van der Waals surface area contributed by atoms with E-state index in [1.807, 2.05) is 0 Å². The van der Waals surface area contributed by atoms with E-state index in [4.69, 9.17) is 0 Å². The Morgan fingerprint density at radius 1 is 1.08 bits per heavy atom. The molecule has 0 aromatic heterocycles. The fourth-order valence-corrected chi connectivity index (χ4v) is 4.45. The number of carbonyl (C=O) groups excluding carboxylic acids is 2. The third kappa shape index (κ3) is 6.69. The van der Waals surface area contributed by atoms with Gasteiger partial charge in [-0.15, -0.1) is 0 Å². The third-order valence-electron chi connectivity index (χ3n) is 4.22. The lowest BCUT2D eigenvalue weighted by Gasteiger charge is -2.11. The summed E-state index contributed by atoms with van der Waals surface area (Å²) in [7, 11) is -3.64. The van der Waals surface area contributed by atoms with Crippen LogP contribution in [0, 0.1) is 5.92 Å². The minimum atomic E-state index is -3.64. The van der Waals surface area contributed by atoms with Crippen LogP contribution in [0.5, 0.6) is 0 Å². The molecule has 0 spiro atoms. The van der Waals surface area contributed by atoms with E-state index >= 15 is 0 Å². The number of sulfonamides is 1. The van der Waals surface area contributed by atoms with E-state index in [2.05, 4.69) is 31.3 Å². The molecule has 2 rings (SSSR count). The van der Waals surface area contributed by atoms with E-state index in [0.29, 0.717) is 17.6 Å². The van der Waals surface area contributed by atoms with Gasteiger partial charge in [-0.1, -0.05) is 34.8 Å². The minimum Gasteiger partial charge on any atom is -0.354 e. The topological polar surface area (TPSA) is 104 Å². The Morgan fingerprint density at radius 2 is 1.77 bits per heavy atom. The predicted molar refractivity (Wildman–Crippen MR) is 102 cm³/mol. The van der Waals surface area contributed by atoms with E-state index in [1.165, 1.54) is 12.1 Å². The summed E-state index contributed by atoms with van der Waals surface area (Å²) in [4.78, 5) is 23.7. The fourth-order valence-electron chi connectivity index (χ4n) is 2.82. The van der Waals surface area contributed by atoms with E-state index in [-0.39, 0.29) is 35.6 Å². The number of amides is 2. The SMILES string of the molecule is O=C(CCNS(=O)(=O)c1cccc(Br)c1)NCCNC(=O)C1CCCC1. The molecule has 0 atom stereocenters. The monoisotopic (exact) mass is 445 g/mol. The van der Waals surface area contributed by atoms with E-state index < -0.39 is 10.0 Å². The molecular formula is C17H24BrN3O4S. The number of benzene rings is 1. The van der Waals surface area contributed by atoms with Crippen LogP contribution in [0.4, 0.5) is 0 Å². The molecule has 1 fully saturated rings. The average Bonchev–Trinajstić information content (AvgIpc) is 3.13. The molecule has 0 bridgehead atoms. The quantitative estimate of drug-likeness (QED) is 0.501. The summed E-state index contributed by atoms with van der Waals surface area (Å²) in [6, 6.07) is 6.35. The molecule has 3 N–H and O–H groups in total. The maximum absolute atomic E-state index is 12.1. The van der Waals surface area contributed by atoms with Crippen molar-refractivity contribution in [1.29, 1.82) is 0 Å². The second-order valence-corrected chi connectivity index (χ2v) is 8.91. The lowest BCUT2D eigenvalue weighted by molar-refractivity contribution is -0.125. The third-order valence-corrected chi connectivity index (χ3v) is 6.17. The summed E-state index contributed by atoms with van der Waals surface area (Å²) in [5.74, 6) is -0.103. The van der Waals surface area contributed by atoms with E-state index in [1.54, 1.807) is 12.1 Å². The van der Waals surface area contributed by atoms with Crippen molar-refractivity contribution in [3.63, 3.8) is 0 Å². The molecule has 0 saturated heterocycles. The lowest BCUT2D eigenvalue weighted by atomic mass is 10.1. The highest BCUT2D eigenvalue weighted by molar-refractivity contribution is 9.10.